The third-order valence-corrected chi connectivity index (χ3v) is 3.94. The van der Waals surface area contributed by atoms with Crippen molar-refractivity contribution >= 4 is 17.4 Å². The molecule has 0 atom stereocenters. The van der Waals surface area contributed by atoms with Gasteiger partial charge in [-0.2, -0.15) is 0 Å². The molecule has 0 radical (unpaired) electrons. The minimum Gasteiger partial charge on any atom is -0.338 e. The Balaban J connectivity index is 1.96. The SMILES string of the molecule is CCCN(CC1CCNCC1)C(=O)c1cnns1. The van der Waals surface area contributed by atoms with Crippen molar-refractivity contribution in [1.82, 2.24) is 19.8 Å². The van der Waals surface area contributed by atoms with Gasteiger partial charge in [-0.1, -0.05) is 11.4 Å². The maximum Gasteiger partial charge on any atom is 0.267 e. The van der Waals surface area contributed by atoms with E-state index in [1.807, 2.05) is 4.90 Å². The Morgan fingerprint density at radius 3 is 2.94 bits per heavy atom. The van der Waals surface area contributed by atoms with Crippen LogP contribution in [0.3, 0.4) is 0 Å². The van der Waals surface area contributed by atoms with E-state index < -0.39 is 0 Å². The second-order valence-electron chi connectivity index (χ2n) is 4.73. The molecule has 6 heteroatoms. The maximum absolute atomic E-state index is 12.3. The minimum absolute atomic E-state index is 0.0883. The van der Waals surface area contributed by atoms with Crippen molar-refractivity contribution in [3.8, 4) is 0 Å². The van der Waals surface area contributed by atoms with Gasteiger partial charge < -0.3 is 10.2 Å². The molecular formula is C12H20N4OS. The average Bonchev–Trinajstić information content (AvgIpc) is 2.92. The molecule has 2 rings (SSSR count). The second kappa shape index (κ2) is 6.80. The van der Waals surface area contributed by atoms with Crippen LogP contribution >= 0.6 is 11.5 Å². The summed E-state index contributed by atoms with van der Waals surface area (Å²) in [7, 11) is 0. The predicted molar refractivity (Wildman–Crippen MR) is 71.7 cm³/mol. The summed E-state index contributed by atoms with van der Waals surface area (Å²) in [4.78, 5) is 14.9. The van der Waals surface area contributed by atoms with E-state index >= 15 is 0 Å². The van der Waals surface area contributed by atoms with Gasteiger partial charge >= 0.3 is 0 Å². The fraction of sp³-hybridized carbons (Fsp3) is 0.750. The average molecular weight is 268 g/mol. The molecule has 18 heavy (non-hydrogen) atoms. The smallest absolute Gasteiger partial charge is 0.267 e. The molecule has 1 aromatic rings. The van der Waals surface area contributed by atoms with Crippen molar-refractivity contribution < 1.29 is 4.79 Å². The normalized spacial score (nSPS) is 16.7. The standard InChI is InChI=1S/C12H20N4OS/c1-2-7-16(9-10-3-5-13-6-4-10)12(17)11-8-14-15-18-11/h8,10,13H,2-7,9H2,1H3. The Hall–Kier alpha value is -1.01. The summed E-state index contributed by atoms with van der Waals surface area (Å²) in [6.07, 6.45) is 4.88. The van der Waals surface area contributed by atoms with Crippen molar-refractivity contribution in [2.75, 3.05) is 26.2 Å². The highest BCUT2D eigenvalue weighted by Crippen LogP contribution is 2.16. The molecule has 100 valence electrons. The molecule has 1 fully saturated rings. The molecule has 0 bridgehead atoms. The number of carbonyl (C=O) groups excluding carboxylic acids is 1. The van der Waals surface area contributed by atoms with E-state index in [2.05, 4.69) is 21.8 Å². The van der Waals surface area contributed by atoms with Crippen LogP contribution in [0.25, 0.3) is 0 Å². The van der Waals surface area contributed by atoms with Crippen LogP contribution in [0.4, 0.5) is 0 Å². The lowest BCUT2D eigenvalue weighted by molar-refractivity contribution is 0.0721. The molecule has 0 spiro atoms. The van der Waals surface area contributed by atoms with Crippen LogP contribution in [0.5, 0.6) is 0 Å². The first-order valence-corrected chi connectivity index (χ1v) is 7.36. The quantitative estimate of drug-likeness (QED) is 0.877. The van der Waals surface area contributed by atoms with Crippen molar-refractivity contribution in [3.63, 3.8) is 0 Å². The van der Waals surface area contributed by atoms with Gasteiger partial charge in [0, 0.05) is 13.1 Å². The van der Waals surface area contributed by atoms with E-state index in [1.165, 1.54) is 11.5 Å². The summed E-state index contributed by atoms with van der Waals surface area (Å²) in [6.45, 7) is 5.93. The molecular weight excluding hydrogens is 248 g/mol. The number of hydrogen-bond donors (Lipinski definition) is 1. The van der Waals surface area contributed by atoms with Gasteiger partial charge in [-0.3, -0.25) is 4.79 Å². The Labute approximate surface area is 112 Å². The van der Waals surface area contributed by atoms with Gasteiger partial charge in [0.05, 0.1) is 6.20 Å². The van der Waals surface area contributed by atoms with Gasteiger partial charge in [-0.15, -0.1) is 5.10 Å². The molecule has 1 amide bonds. The lowest BCUT2D eigenvalue weighted by Gasteiger charge is -2.29. The van der Waals surface area contributed by atoms with E-state index in [0.29, 0.717) is 10.8 Å². The number of amides is 1. The van der Waals surface area contributed by atoms with Crippen LogP contribution < -0.4 is 5.32 Å². The highest BCUT2D eigenvalue weighted by atomic mass is 32.1. The number of nitrogens with one attached hydrogen (secondary N) is 1. The number of hydrogen-bond acceptors (Lipinski definition) is 5. The summed E-state index contributed by atoms with van der Waals surface area (Å²) in [5, 5.41) is 7.10. The maximum atomic E-state index is 12.3. The third kappa shape index (κ3) is 3.49. The Morgan fingerprint density at radius 1 is 1.56 bits per heavy atom. The van der Waals surface area contributed by atoms with Crippen LogP contribution in [0.2, 0.25) is 0 Å². The molecule has 1 saturated heterocycles. The fourth-order valence-electron chi connectivity index (χ4n) is 2.34. The molecule has 2 heterocycles. The summed E-state index contributed by atoms with van der Waals surface area (Å²) in [5.74, 6) is 0.716. The van der Waals surface area contributed by atoms with E-state index in [1.54, 1.807) is 6.20 Å². The number of piperidine rings is 1. The van der Waals surface area contributed by atoms with Gasteiger partial charge in [-0.25, -0.2) is 0 Å². The number of nitrogens with zero attached hydrogens (tertiary/aromatic N) is 3. The molecule has 1 N–H and O–H groups in total. The van der Waals surface area contributed by atoms with E-state index in [9.17, 15) is 4.79 Å². The van der Waals surface area contributed by atoms with Crippen molar-refractivity contribution in [2.45, 2.75) is 26.2 Å². The largest absolute Gasteiger partial charge is 0.338 e. The zero-order chi connectivity index (χ0) is 12.8. The topological polar surface area (TPSA) is 58.1 Å². The Morgan fingerprint density at radius 2 is 2.33 bits per heavy atom. The lowest BCUT2D eigenvalue weighted by atomic mass is 9.97. The molecule has 0 unspecified atom stereocenters. The van der Waals surface area contributed by atoms with Crippen LogP contribution in [0, 0.1) is 5.92 Å². The zero-order valence-electron chi connectivity index (χ0n) is 10.8. The molecule has 1 aromatic heterocycles. The van der Waals surface area contributed by atoms with E-state index in [0.717, 1.165) is 45.4 Å². The van der Waals surface area contributed by atoms with Gasteiger partial charge in [0.1, 0.15) is 4.88 Å². The van der Waals surface area contributed by atoms with Crippen LogP contribution in [-0.2, 0) is 0 Å². The molecule has 1 aliphatic heterocycles. The molecule has 0 saturated carbocycles. The lowest BCUT2D eigenvalue weighted by Crippen LogP contribution is -2.39. The molecule has 5 nitrogen and oxygen atoms in total. The minimum atomic E-state index is 0.0883. The first kappa shape index (κ1) is 13.4. The monoisotopic (exact) mass is 268 g/mol. The van der Waals surface area contributed by atoms with Crippen molar-refractivity contribution in [1.29, 1.82) is 0 Å². The highest BCUT2D eigenvalue weighted by Gasteiger charge is 2.22. The molecule has 0 aromatic carbocycles. The van der Waals surface area contributed by atoms with Gasteiger partial charge in [-0.05, 0) is 49.8 Å². The first-order valence-electron chi connectivity index (χ1n) is 6.58. The summed E-state index contributed by atoms with van der Waals surface area (Å²) >= 11 is 1.18. The molecule has 0 aliphatic carbocycles. The van der Waals surface area contributed by atoms with Crippen LogP contribution in [0.15, 0.2) is 6.20 Å². The van der Waals surface area contributed by atoms with E-state index in [-0.39, 0.29) is 5.91 Å². The second-order valence-corrected chi connectivity index (χ2v) is 5.51. The van der Waals surface area contributed by atoms with Crippen LogP contribution in [-0.4, -0.2) is 46.6 Å². The molecule has 1 aliphatic rings. The fourth-order valence-corrected chi connectivity index (χ4v) is 2.82. The van der Waals surface area contributed by atoms with Gasteiger partial charge in [0.15, 0.2) is 0 Å². The van der Waals surface area contributed by atoms with Crippen LogP contribution in [0.1, 0.15) is 35.9 Å². The summed E-state index contributed by atoms with van der Waals surface area (Å²) in [5.41, 5.74) is 0. The summed E-state index contributed by atoms with van der Waals surface area (Å²) < 4.78 is 3.77. The Bertz CT molecular complexity index is 362. The first-order chi connectivity index (χ1) is 8.81. The van der Waals surface area contributed by atoms with Gasteiger partial charge in [0.2, 0.25) is 0 Å². The Kier molecular flexibility index (Phi) is 5.07. The highest BCUT2D eigenvalue weighted by molar-refractivity contribution is 7.07. The van der Waals surface area contributed by atoms with E-state index in [4.69, 9.17) is 0 Å². The number of aromatic nitrogens is 2. The third-order valence-electron chi connectivity index (χ3n) is 3.29. The number of carbonyl (C=O) groups is 1. The predicted octanol–water partition coefficient (Wildman–Crippen LogP) is 1.39. The van der Waals surface area contributed by atoms with Gasteiger partial charge in [0.25, 0.3) is 5.91 Å². The summed E-state index contributed by atoms with van der Waals surface area (Å²) in [6, 6.07) is 0. The van der Waals surface area contributed by atoms with Crippen molar-refractivity contribution in [3.05, 3.63) is 11.1 Å². The number of rotatable bonds is 5. The van der Waals surface area contributed by atoms with Crippen molar-refractivity contribution in [2.24, 2.45) is 5.92 Å². The zero-order valence-corrected chi connectivity index (χ0v) is 11.6.